The smallest absolute Gasteiger partial charge is 0.254 e. The predicted molar refractivity (Wildman–Crippen MR) is 155 cm³/mol. The molecule has 8 heteroatoms. The summed E-state index contributed by atoms with van der Waals surface area (Å²) in [6, 6.07) is 17.3. The zero-order valence-corrected chi connectivity index (χ0v) is 23.9. The van der Waals surface area contributed by atoms with Gasteiger partial charge < -0.3 is 28.7 Å². The number of carbonyl (C=O) groups excluding carboxylic acids is 2. The van der Waals surface area contributed by atoms with E-state index in [0.717, 1.165) is 33.6 Å². The molecule has 1 aliphatic rings. The Morgan fingerprint density at radius 1 is 0.650 bits per heavy atom. The Morgan fingerprint density at radius 2 is 1.20 bits per heavy atom. The number of piperazine rings is 1. The molecule has 3 aromatic rings. The molecule has 0 aromatic heterocycles. The third-order valence-electron chi connectivity index (χ3n) is 6.99. The van der Waals surface area contributed by atoms with Crippen LogP contribution < -0.4 is 18.9 Å². The molecule has 210 valence electrons. The van der Waals surface area contributed by atoms with Gasteiger partial charge in [-0.2, -0.15) is 0 Å². The van der Waals surface area contributed by atoms with E-state index in [1.807, 2.05) is 38.1 Å². The SMILES string of the molecule is COc1ccc(/C(=C/C(=O)N2CCN(C(=O)c3cc(OC)c(OC)c(OC)c3)CC2)c2cc(C)cc(C)c2)cc1. The van der Waals surface area contributed by atoms with E-state index in [2.05, 4.69) is 18.2 Å². The van der Waals surface area contributed by atoms with Crippen molar-refractivity contribution < 1.29 is 28.5 Å². The van der Waals surface area contributed by atoms with Crippen LogP contribution in [0.2, 0.25) is 0 Å². The number of rotatable bonds is 8. The van der Waals surface area contributed by atoms with Crippen molar-refractivity contribution in [3.8, 4) is 23.0 Å². The van der Waals surface area contributed by atoms with E-state index < -0.39 is 0 Å². The lowest BCUT2D eigenvalue weighted by Gasteiger charge is -2.34. The molecule has 0 radical (unpaired) electrons. The van der Waals surface area contributed by atoms with Crippen molar-refractivity contribution in [2.24, 2.45) is 0 Å². The van der Waals surface area contributed by atoms with E-state index in [-0.39, 0.29) is 11.8 Å². The molecule has 0 spiro atoms. The summed E-state index contributed by atoms with van der Waals surface area (Å²) in [7, 11) is 6.18. The number of aryl methyl sites for hydroxylation is 2. The highest BCUT2D eigenvalue weighted by molar-refractivity contribution is 6.00. The number of hydrogen-bond acceptors (Lipinski definition) is 6. The molecule has 1 heterocycles. The van der Waals surface area contributed by atoms with Crippen LogP contribution in [0, 0.1) is 13.8 Å². The van der Waals surface area contributed by atoms with Gasteiger partial charge in [-0.25, -0.2) is 0 Å². The van der Waals surface area contributed by atoms with Crippen LogP contribution in [0.25, 0.3) is 5.57 Å². The van der Waals surface area contributed by atoms with Crippen molar-refractivity contribution in [2.45, 2.75) is 13.8 Å². The summed E-state index contributed by atoms with van der Waals surface area (Å²) >= 11 is 0. The topological polar surface area (TPSA) is 77.5 Å². The van der Waals surface area contributed by atoms with Crippen molar-refractivity contribution in [1.29, 1.82) is 0 Å². The summed E-state index contributed by atoms with van der Waals surface area (Å²) in [5, 5.41) is 0. The Labute approximate surface area is 235 Å². The number of hydrogen-bond donors (Lipinski definition) is 0. The van der Waals surface area contributed by atoms with E-state index in [9.17, 15) is 9.59 Å². The van der Waals surface area contributed by atoms with Crippen molar-refractivity contribution in [3.63, 3.8) is 0 Å². The number of ether oxygens (including phenoxy) is 4. The summed E-state index contributed by atoms with van der Waals surface area (Å²) in [4.78, 5) is 30.4. The van der Waals surface area contributed by atoms with Gasteiger partial charge in [-0.3, -0.25) is 9.59 Å². The van der Waals surface area contributed by atoms with Crippen LogP contribution in [0.4, 0.5) is 0 Å². The first-order chi connectivity index (χ1) is 19.3. The van der Waals surface area contributed by atoms with Crippen LogP contribution in [0.1, 0.15) is 32.6 Å². The lowest BCUT2D eigenvalue weighted by Crippen LogP contribution is -2.50. The maximum Gasteiger partial charge on any atom is 0.254 e. The lowest BCUT2D eigenvalue weighted by molar-refractivity contribution is -0.127. The first-order valence-corrected chi connectivity index (χ1v) is 13.1. The molecule has 40 heavy (non-hydrogen) atoms. The van der Waals surface area contributed by atoms with Gasteiger partial charge in [0.05, 0.1) is 28.4 Å². The highest BCUT2D eigenvalue weighted by Gasteiger charge is 2.26. The Bertz CT molecular complexity index is 1360. The highest BCUT2D eigenvalue weighted by Crippen LogP contribution is 2.38. The Kier molecular flexibility index (Phi) is 8.99. The van der Waals surface area contributed by atoms with Crippen molar-refractivity contribution in [1.82, 2.24) is 9.80 Å². The van der Waals surface area contributed by atoms with Gasteiger partial charge in [0, 0.05) is 37.8 Å². The van der Waals surface area contributed by atoms with Crippen LogP contribution in [-0.2, 0) is 4.79 Å². The summed E-state index contributed by atoms with van der Waals surface area (Å²) in [6.45, 7) is 5.78. The molecule has 0 atom stereocenters. The van der Waals surface area contributed by atoms with Crippen molar-refractivity contribution in [2.75, 3.05) is 54.6 Å². The minimum Gasteiger partial charge on any atom is -0.497 e. The fraction of sp³-hybridized carbons (Fsp3) is 0.312. The Morgan fingerprint density at radius 3 is 1.70 bits per heavy atom. The van der Waals surface area contributed by atoms with Crippen LogP contribution in [0.15, 0.2) is 60.7 Å². The van der Waals surface area contributed by atoms with E-state index in [4.69, 9.17) is 18.9 Å². The van der Waals surface area contributed by atoms with Crippen LogP contribution in [-0.4, -0.2) is 76.2 Å². The van der Waals surface area contributed by atoms with Gasteiger partial charge in [-0.05, 0) is 54.8 Å². The fourth-order valence-electron chi connectivity index (χ4n) is 4.97. The zero-order valence-electron chi connectivity index (χ0n) is 23.9. The maximum atomic E-state index is 13.5. The average molecular weight is 545 g/mol. The summed E-state index contributed by atoms with van der Waals surface area (Å²) in [5.74, 6) is 1.77. The third-order valence-corrected chi connectivity index (χ3v) is 6.99. The highest BCUT2D eigenvalue weighted by atomic mass is 16.5. The number of methoxy groups -OCH3 is 4. The molecule has 8 nitrogen and oxygen atoms in total. The van der Waals surface area contributed by atoms with Crippen molar-refractivity contribution in [3.05, 3.63) is 88.5 Å². The molecule has 0 aliphatic carbocycles. The van der Waals surface area contributed by atoms with Crippen molar-refractivity contribution >= 4 is 17.4 Å². The van der Waals surface area contributed by atoms with Gasteiger partial charge in [0.1, 0.15) is 5.75 Å². The van der Waals surface area contributed by atoms with E-state index >= 15 is 0 Å². The van der Waals surface area contributed by atoms with Gasteiger partial charge >= 0.3 is 0 Å². The fourth-order valence-corrected chi connectivity index (χ4v) is 4.97. The second kappa shape index (κ2) is 12.6. The molecule has 0 unspecified atom stereocenters. The molecule has 1 aliphatic heterocycles. The number of carbonyl (C=O) groups is 2. The minimum absolute atomic E-state index is 0.0927. The predicted octanol–water partition coefficient (Wildman–Crippen LogP) is 4.75. The molecule has 1 fully saturated rings. The summed E-state index contributed by atoms with van der Waals surface area (Å²) in [6.07, 6.45) is 1.70. The zero-order chi connectivity index (χ0) is 28.8. The second-order valence-electron chi connectivity index (χ2n) is 9.69. The van der Waals surface area contributed by atoms with Crippen LogP contribution >= 0.6 is 0 Å². The number of amides is 2. The van der Waals surface area contributed by atoms with Gasteiger partial charge in [-0.1, -0.05) is 41.5 Å². The summed E-state index contributed by atoms with van der Waals surface area (Å²) in [5.41, 5.74) is 5.44. The van der Waals surface area contributed by atoms with Crippen LogP contribution in [0.5, 0.6) is 23.0 Å². The van der Waals surface area contributed by atoms with E-state index in [1.54, 1.807) is 35.1 Å². The first-order valence-electron chi connectivity index (χ1n) is 13.1. The summed E-state index contributed by atoms with van der Waals surface area (Å²) < 4.78 is 21.5. The molecular formula is C32H36N2O6. The molecule has 0 saturated carbocycles. The second-order valence-corrected chi connectivity index (χ2v) is 9.69. The standard InChI is InChI=1S/C32H36N2O6/c1-21-15-22(2)17-24(16-21)27(23-7-9-26(37-3)10-8-23)20-30(35)33-11-13-34(14-12-33)32(36)25-18-28(38-4)31(40-6)29(19-25)39-5/h7-10,15-20H,11-14H2,1-6H3/b27-20-. The molecule has 1 saturated heterocycles. The monoisotopic (exact) mass is 544 g/mol. The Hall–Kier alpha value is -4.46. The normalized spacial score (nSPS) is 13.6. The van der Waals surface area contributed by atoms with Gasteiger partial charge in [-0.15, -0.1) is 0 Å². The Balaban J connectivity index is 1.54. The van der Waals surface area contributed by atoms with Crippen LogP contribution in [0.3, 0.4) is 0 Å². The molecule has 4 rings (SSSR count). The number of benzene rings is 3. The maximum absolute atomic E-state index is 13.5. The lowest BCUT2D eigenvalue weighted by atomic mass is 9.94. The first kappa shape index (κ1) is 28.5. The molecule has 0 bridgehead atoms. The molecule has 3 aromatic carbocycles. The van der Waals surface area contributed by atoms with Gasteiger partial charge in [0.15, 0.2) is 11.5 Å². The van der Waals surface area contributed by atoms with Gasteiger partial charge in [0.25, 0.3) is 5.91 Å². The largest absolute Gasteiger partial charge is 0.497 e. The average Bonchev–Trinajstić information content (AvgIpc) is 2.98. The molecule has 2 amide bonds. The molecular weight excluding hydrogens is 508 g/mol. The molecule has 0 N–H and O–H groups in total. The van der Waals surface area contributed by atoms with Gasteiger partial charge in [0.2, 0.25) is 11.7 Å². The number of nitrogens with zero attached hydrogens (tertiary/aromatic N) is 2. The third kappa shape index (κ3) is 6.22. The van der Waals surface area contributed by atoms with E-state index in [1.165, 1.54) is 21.3 Å². The minimum atomic E-state index is -0.156. The van der Waals surface area contributed by atoms with E-state index in [0.29, 0.717) is 49.0 Å². The quantitative estimate of drug-likeness (QED) is 0.381.